The Hall–Kier alpha value is -0.520. The molecule has 144 valence electrons. The molecule has 0 aromatic carbocycles. The molecule has 0 amide bonds. The molecule has 8 nitrogen and oxygen atoms in total. The van der Waals surface area contributed by atoms with Gasteiger partial charge in [-0.3, -0.25) is 0 Å². The third-order valence-corrected chi connectivity index (χ3v) is 5.30. The molecule has 2 atom stereocenters. The van der Waals surface area contributed by atoms with Gasteiger partial charge in [0.05, 0.1) is 0 Å². The monoisotopic (exact) mass is 386 g/mol. The van der Waals surface area contributed by atoms with Gasteiger partial charge in [-0.2, -0.15) is 0 Å². The number of hydrogen-bond acceptors (Lipinski definition) is 8. The van der Waals surface area contributed by atoms with E-state index in [1.54, 1.807) is 0 Å². The predicted octanol–water partition coefficient (Wildman–Crippen LogP) is 0.503. The largest absolute Gasteiger partial charge is 0.479 e. The van der Waals surface area contributed by atoms with Crippen molar-refractivity contribution in [2.75, 3.05) is 24.6 Å². The van der Waals surface area contributed by atoms with E-state index in [4.69, 9.17) is 31.9 Å². The van der Waals surface area contributed by atoms with Crippen LogP contribution in [0.5, 0.6) is 0 Å². The Balaban J connectivity index is 0. The van der Waals surface area contributed by atoms with Crippen LogP contribution in [0.15, 0.2) is 0 Å². The number of carboxylic acids is 2. The molecular formula is C14H30N2O6S2. The van der Waals surface area contributed by atoms with E-state index in [-0.39, 0.29) is 0 Å². The molecule has 10 heteroatoms. The Morgan fingerprint density at radius 2 is 1.12 bits per heavy atom. The number of aliphatic hydroxyl groups is 2. The van der Waals surface area contributed by atoms with Gasteiger partial charge in [0.15, 0.2) is 12.2 Å². The Bertz CT molecular complexity index is 294. The first-order valence-corrected chi connectivity index (χ1v) is 10.3. The summed E-state index contributed by atoms with van der Waals surface area (Å²) in [6.07, 6.45) is 3.44. The summed E-state index contributed by atoms with van der Waals surface area (Å²) >= 11 is 0. The number of nitrogens with two attached hydrogens (primary N) is 2. The van der Waals surface area contributed by atoms with Crippen molar-refractivity contribution < 1.29 is 30.0 Å². The van der Waals surface area contributed by atoms with Gasteiger partial charge in [0.2, 0.25) is 0 Å². The minimum atomic E-state index is -2.27. The quantitative estimate of drug-likeness (QED) is 0.183. The summed E-state index contributed by atoms with van der Waals surface area (Å²) in [5, 5.41) is 32.5. The second-order valence-corrected chi connectivity index (χ2v) is 7.61. The highest BCUT2D eigenvalue weighted by atomic mass is 33.1. The minimum Gasteiger partial charge on any atom is -0.479 e. The zero-order valence-corrected chi connectivity index (χ0v) is 15.4. The second-order valence-electron chi connectivity index (χ2n) is 4.91. The van der Waals surface area contributed by atoms with E-state index in [2.05, 4.69) is 0 Å². The van der Waals surface area contributed by atoms with Gasteiger partial charge in [-0.25, -0.2) is 9.59 Å². The van der Waals surface area contributed by atoms with Crippen molar-refractivity contribution in [3.8, 4) is 0 Å². The van der Waals surface area contributed by atoms with Crippen molar-refractivity contribution in [1.82, 2.24) is 0 Å². The number of aliphatic hydroxyl groups excluding tert-OH is 2. The lowest BCUT2D eigenvalue weighted by Crippen LogP contribution is -2.39. The van der Waals surface area contributed by atoms with E-state index < -0.39 is 24.1 Å². The normalized spacial score (nSPS) is 12.8. The Morgan fingerprint density at radius 1 is 0.708 bits per heavy atom. The molecule has 0 radical (unpaired) electrons. The van der Waals surface area contributed by atoms with Crippen LogP contribution in [-0.4, -0.2) is 69.2 Å². The highest BCUT2D eigenvalue weighted by Crippen LogP contribution is 2.22. The number of carbonyl (C=O) groups is 2. The zero-order valence-electron chi connectivity index (χ0n) is 13.8. The summed E-state index contributed by atoms with van der Waals surface area (Å²) in [5.41, 5.74) is 10.8. The van der Waals surface area contributed by atoms with Crippen LogP contribution >= 0.6 is 21.6 Å². The zero-order chi connectivity index (χ0) is 18.8. The molecule has 0 aliphatic carbocycles. The van der Waals surface area contributed by atoms with Gasteiger partial charge in [-0.15, -0.1) is 0 Å². The van der Waals surface area contributed by atoms with Gasteiger partial charge in [0, 0.05) is 18.1 Å². The maximum Gasteiger partial charge on any atom is 0.335 e. The van der Waals surface area contributed by atoms with Crippen LogP contribution < -0.4 is 11.5 Å². The molecule has 0 aromatic heterocycles. The highest BCUT2D eigenvalue weighted by Gasteiger charge is 2.29. The van der Waals surface area contributed by atoms with Crippen LogP contribution in [-0.2, 0) is 9.59 Å². The van der Waals surface area contributed by atoms with Crippen LogP contribution in [0.4, 0.5) is 0 Å². The van der Waals surface area contributed by atoms with Crippen molar-refractivity contribution in [2.24, 2.45) is 11.5 Å². The lowest BCUT2D eigenvalue weighted by atomic mass is 10.1. The molecule has 0 aliphatic rings. The summed E-state index contributed by atoms with van der Waals surface area (Å²) in [5.74, 6) is -1.17. The average Bonchev–Trinajstić information content (AvgIpc) is 2.55. The Morgan fingerprint density at radius 3 is 1.54 bits per heavy atom. The fourth-order valence-electron chi connectivity index (χ4n) is 1.45. The molecule has 0 spiro atoms. The highest BCUT2D eigenvalue weighted by molar-refractivity contribution is 8.76. The van der Waals surface area contributed by atoms with Gasteiger partial charge in [0.1, 0.15) is 0 Å². The van der Waals surface area contributed by atoms with Crippen molar-refractivity contribution in [1.29, 1.82) is 0 Å². The van der Waals surface area contributed by atoms with E-state index >= 15 is 0 Å². The summed E-state index contributed by atoms with van der Waals surface area (Å²) < 4.78 is 0. The van der Waals surface area contributed by atoms with Gasteiger partial charge in [-0.1, -0.05) is 47.3 Å². The maximum absolute atomic E-state index is 9.77. The number of hydrogen-bond donors (Lipinski definition) is 6. The van der Waals surface area contributed by atoms with Gasteiger partial charge in [-0.05, 0) is 19.4 Å². The smallest absolute Gasteiger partial charge is 0.335 e. The van der Waals surface area contributed by atoms with Crippen molar-refractivity contribution in [3.05, 3.63) is 0 Å². The van der Waals surface area contributed by atoms with E-state index in [1.165, 1.54) is 44.3 Å². The maximum atomic E-state index is 9.77. The number of aliphatic carboxylic acids is 2. The van der Waals surface area contributed by atoms with Gasteiger partial charge >= 0.3 is 11.9 Å². The first-order chi connectivity index (χ1) is 11.4. The van der Waals surface area contributed by atoms with E-state index in [9.17, 15) is 9.59 Å². The third kappa shape index (κ3) is 17.8. The lowest BCUT2D eigenvalue weighted by molar-refractivity contribution is -0.165. The number of carboxylic acid groups (broad SMARTS) is 2. The molecule has 24 heavy (non-hydrogen) atoms. The van der Waals surface area contributed by atoms with Crippen molar-refractivity contribution in [2.45, 2.75) is 50.7 Å². The van der Waals surface area contributed by atoms with E-state index in [0.29, 0.717) is 0 Å². The van der Waals surface area contributed by atoms with Crippen molar-refractivity contribution >= 4 is 33.5 Å². The molecule has 0 fully saturated rings. The summed E-state index contributed by atoms with van der Waals surface area (Å²) in [4.78, 5) is 19.5. The minimum absolute atomic E-state index is 0.802. The summed E-state index contributed by atoms with van der Waals surface area (Å²) in [7, 11) is 3.86. The SMILES string of the molecule is NCCCCCCCCSSCCN.O=C(O)C(O)C(O)C(=O)O. The summed E-state index contributed by atoms with van der Waals surface area (Å²) in [6.45, 7) is 1.66. The molecule has 0 heterocycles. The van der Waals surface area contributed by atoms with Crippen LogP contribution in [0, 0.1) is 0 Å². The van der Waals surface area contributed by atoms with Crippen molar-refractivity contribution in [3.63, 3.8) is 0 Å². The van der Waals surface area contributed by atoms with Crippen LogP contribution in [0.3, 0.4) is 0 Å². The Labute approximate surface area is 150 Å². The fraction of sp³-hybridized carbons (Fsp3) is 0.857. The molecular weight excluding hydrogens is 356 g/mol. The molecule has 0 aliphatic heterocycles. The number of rotatable bonds is 14. The van der Waals surface area contributed by atoms with E-state index in [1.807, 2.05) is 21.6 Å². The molecule has 0 saturated heterocycles. The van der Waals surface area contributed by atoms with Gasteiger partial charge in [0.25, 0.3) is 0 Å². The van der Waals surface area contributed by atoms with Gasteiger partial charge < -0.3 is 31.9 Å². The second kappa shape index (κ2) is 18.8. The van der Waals surface area contributed by atoms with E-state index in [0.717, 1.165) is 18.8 Å². The molecule has 0 rings (SSSR count). The molecule has 0 saturated carbocycles. The predicted molar refractivity (Wildman–Crippen MR) is 98.0 cm³/mol. The average molecular weight is 387 g/mol. The molecule has 2 unspecified atom stereocenters. The molecule has 8 N–H and O–H groups in total. The molecule has 0 bridgehead atoms. The van der Waals surface area contributed by atoms with Crippen LogP contribution in [0.25, 0.3) is 0 Å². The lowest BCUT2D eigenvalue weighted by Gasteiger charge is -2.07. The first kappa shape index (κ1) is 25.7. The standard InChI is InChI=1S/C10H24N2S2.C4H6O6/c11-7-5-3-1-2-4-6-9-13-14-10-8-12;5-1(3(7)8)2(6)4(9)10/h1-12H2;1-2,5-6H,(H,7,8)(H,9,10). The summed E-state index contributed by atoms with van der Waals surface area (Å²) in [6, 6.07) is 0. The number of unbranched alkanes of at least 4 members (excludes halogenated alkanes) is 5. The van der Waals surface area contributed by atoms with Crippen LogP contribution in [0.2, 0.25) is 0 Å². The first-order valence-electron chi connectivity index (χ1n) is 7.84. The third-order valence-electron chi connectivity index (χ3n) is 2.77. The van der Waals surface area contributed by atoms with Crippen LogP contribution in [0.1, 0.15) is 38.5 Å². The molecule has 0 aromatic rings. The Kier molecular flexibility index (Phi) is 20.2. The topological polar surface area (TPSA) is 167 Å². The fourth-order valence-corrected chi connectivity index (χ4v) is 3.45.